The van der Waals surface area contributed by atoms with Gasteiger partial charge in [0.1, 0.15) is 12.7 Å². The van der Waals surface area contributed by atoms with Crippen molar-refractivity contribution in [3.63, 3.8) is 0 Å². The van der Waals surface area contributed by atoms with Crippen molar-refractivity contribution in [3.05, 3.63) is 12.7 Å². The lowest BCUT2D eigenvalue weighted by Gasteiger charge is -2.05. The van der Waals surface area contributed by atoms with E-state index in [2.05, 4.69) is 38.9 Å². The molecule has 0 fully saturated rings. The molecule has 2 heterocycles. The van der Waals surface area contributed by atoms with Crippen LogP contribution in [0.3, 0.4) is 0 Å². The molecular weight excluding hydrogens is 226 g/mol. The largest absolute Gasteiger partial charge is 0.368 e. The summed E-state index contributed by atoms with van der Waals surface area (Å²) >= 11 is 1.52. The minimum atomic E-state index is 0.184. The zero-order valence-corrected chi connectivity index (χ0v) is 9.72. The van der Waals surface area contributed by atoms with Gasteiger partial charge in [0.2, 0.25) is 5.95 Å². The zero-order chi connectivity index (χ0) is 11.5. The summed E-state index contributed by atoms with van der Waals surface area (Å²) in [6.45, 7) is 4.11. The van der Waals surface area contributed by atoms with Crippen LogP contribution in [0.1, 0.15) is 13.8 Å². The van der Waals surface area contributed by atoms with Gasteiger partial charge in [-0.2, -0.15) is 24.7 Å². The maximum absolute atomic E-state index is 5.60. The highest BCUT2D eigenvalue weighted by Crippen LogP contribution is 2.19. The number of rotatable bonds is 3. The highest BCUT2D eigenvalue weighted by Gasteiger charge is 2.08. The van der Waals surface area contributed by atoms with Gasteiger partial charge in [0.05, 0.1) is 0 Å². The molecule has 0 unspecified atom stereocenters. The van der Waals surface area contributed by atoms with Crippen LogP contribution in [0.2, 0.25) is 0 Å². The second-order valence-corrected chi connectivity index (χ2v) is 4.83. The highest BCUT2D eigenvalue weighted by atomic mass is 32.2. The Morgan fingerprint density at radius 2 is 2.12 bits per heavy atom. The first-order valence-electron chi connectivity index (χ1n) is 4.68. The molecule has 2 N–H and O–H groups in total. The summed E-state index contributed by atoms with van der Waals surface area (Å²) in [5, 5.41) is 4.91. The topological polar surface area (TPSA) is 95.4 Å². The SMILES string of the molecule is CC(C)Sc1nc(N)nc(-n2cncn2)n1. The highest BCUT2D eigenvalue weighted by molar-refractivity contribution is 7.99. The number of nitrogens with zero attached hydrogens (tertiary/aromatic N) is 6. The average Bonchev–Trinajstić information content (AvgIpc) is 2.67. The van der Waals surface area contributed by atoms with Gasteiger partial charge in [-0.3, -0.25) is 0 Å². The Labute approximate surface area is 96.5 Å². The molecule has 0 atom stereocenters. The van der Waals surface area contributed by atoms with E-state index in [4.69, 9.17) is 5.73 Å². The second-order valence-electron chi connectivity index (χ2n) is 3.28. The Kier molecular flexibility index (Phi) is 3.00. The molecule has 0 saturated carbocycles. The van der Waals surface area contributed by atoms with Crippen molar-refractivity contribution >= 4 is 17.7 Å². The van der Waals surface area contributed by atoms with Gasteiger partial charge in [-0.1, -0.05) is 25.6 Å². The van der Waals surface area contributed by atoms with E-state index in [1.165, 1.54) is 29.1 Å². The molecular formula is C8H11N7S. The predicted octanol–water partition coefficient (Wildman–Crippen LogP) is 0.535. The Morgan fingerprint density at radius 1 is 1.31 bits per heavy atom. The molecule has 2 aromatic heterocycles. The van der Waals surface area contributed by atoms with Crippen LogP contribution in [-0.2, 0) is 0 Å². The minimum Gasteiger partial charge on any atom is -0.368 e. The van der Waals surface area contributed by atoms with Gasteiger partial charge in [-0.05, 0) is 0 Å². The van der Waals surface area contributed by atoms with Crippen molar-refractivity contribution in [2.24, 2.45) is 0 Å². The summed E-state index contributed by atoms with van der Waals surface area (Å²) < 4.78 is 1.45. The molecule has 0 aliphatic rings. The van der Waals surface area contributed by atoms with E-state index in [-0.39, 0.29) is 5.95 Å². The van der Waals surface area contributed by atoms with Crippen LogP contribution in [0.4, 0.5) is 5.95 Å². The van der Waals surface area contributed by atoms with Gasteiger partial charge < -0.3 is 5.73 Å². The normalized spacial score (nSPS) is 10.9. The van der Waals surface area contributed by atoms with Crippen LogP contribution < -0.4 is 5.73 Å². The molecule has 16 heavy (non-hydrogen) atoms. The molecule has 0 aromatic carbocycles. The molecule has 7 nitrogen and oxygen atoms in total. The van der Waals surface area contributed by atoms with E-state index < -0.39 is 0 Å². The van der Waals surface area contributed by atoms with Crippen LogP contribution in [0.25, 0.3) is 5.95 Å². The number of thioether (sulfide) groups is 1. The molecule has 0 aliphatic carbocycles. The maximum Gasteiger partial charge on any atom is 0.257 e. The average molecular weight is 237 g/mol. The van der Waals surface area contributed by atoms with Gasteiger partial charge in [-0.25, -0.2) is 4.98 Å². The number of nitrogens with two attached hydrogens (primary N) is 1. The summed E-state index contributed by atoms with van der Waals surface area (Å²) in [6, 6.07) is 0. The molecule has 0 spiro atoms. The number of hydrogen-bond donors (Lipinski definition) is 1. The lowest BCUT2D eigenvalue weighted by Crippen LogP contribution is -2.08. The fourth-order valence-corrected chi connectivity index (χ4v) is 1.74. The molecule has 8 heteroatoms. The van der Waals surface area contributed by atoms with Crippen LogP contribution >= 0.6 is 11.8 Å². The zero-order valence-electron chi connectivity index (χ0n) is 8.90. The second kappa shape index (κ2) is 4.44. The standard InChI is InChI=1S/C8H11N7S/c1-5(2)16-8-13-6(9)12-7(14-8)15-4-10-3-11-15/h3-5H,1-2H3,(H2,9,12,13,14). The third kappa shape index (κ3) is 2.45. The van der Waals surface area contributed by atoms with Crippen molar-refractivity contribution in [1.29, 1.82) is 0 Å². The monoisotopic (exact) mass is 237 g/mol. The Hall–Kier alpha value is -1.70. The molecule has 0 aliphatic heterocycles. The third-order valence-corrected chi connectivity index (χ3v) is 2.45. The van der Waals surface area contributed by atoms with E-state index in [1.807, 2.05) is 0 Å². The van der Waals surface area contributed by atoms with Gasteiger partial charge in [0, 0.05) is 5.25 Å². The minimum absolute atomic E-state index is 0.184. The molecule has 0 bridgehead atoms. The lowest BCUT2D eigenvalue weighted by atomic mass is 10.6. The number of anilines is 1. The van der Waals surface area contributed by atoms with E-state index in [0.29, 0.717) is 16.4 Å². The van der Waals surface area contributed by atoms with Gasteiger partial charge in [0.15, 0.2) is 5.16 Å². The van der Waals surface area contributed by atoms with E-state index in [0.717, 1.165) is 0 Å². The summed E-state index contributed by atoms with van der Waals surface area (Å²) in [6.07, 6.45) is 2.92. The molecule has 84 valence electrons. The van der Waals surface area contributed by atoms with Crippen molar-refractivity contribution in [2.75, 3.05) is 5.73 Å². The van der Waals surface area contributed by atoms with Crippen molar-refractivity contribution in [2.45, 2.75) is 24.3 Å². The number of nitrogen functional groups attached to an aromatic ring is 1. The predicted molar refractivity (Wildman–Crippen MR) is 60.1 cm³/mol. The molecule has 2 aromatic rings. The van der Waals surface area contributed by atoms with Crippen LogP contribution in [0.5, 0.6) is 0 Å². The van der Waals surface area contributed by atoms with Crippen molar-refractivity contribution in [3.8, 4) is 5.95 Å². The van der Waals surface area contributed by atoms with E-state index in [1.54, 1.807) is 0 Å². The number of hydrogen-bond acceptors (Lipinski definition) is 7. The van der Waals surface area contributed by atoms with E-state index >= 15 is 0 Å². The fraction of sp³-hybridized carbons (Fsp3) is 0.375. The maximum atomic E-state index is 5.60. The number of aromatic nitrogens is 6. The lowest BCUT2D eigenvalue weighted by molar-refractivity contribution is 0.762. The van der Waals surface area contributed by atoms with Gasteiger partial charge >= 0.3 is 0 Å². The summed E-state index contributed by atoms with van der Waals surface area (Å²) in [7, 11) is 0. The van der Waals surface area contributed by atoms with Crippen LogP contribution in [-0.4, -0.2) is 35.0 Å². The summed E-state index contributed by atoms with van der Waals surface area (Å²) in [5.74, 6) is 0.566. The fourth-order valence-electron chi connectivity index (χ4n) is 1.04. The quantitative estimate of drug-likeness (QED) is 0.778. The molecule has 2 rings (SSSR count). The third-order valence-electron chi connectivity index (χ3n) is 1.59. The van der Waals surface area contributed by atoms with Gasteiger partial charge in [0.25, 0.3) is 5.95 Å². The van der Waals surface area contributed by atoms with E-state index in [9.17, 15) is 0 Å². The Balaban J connectivity index is 2.36. The Bertz CT molecular complexity index is 467. The smallest absolute Gasteiger partial charge is 0.257 e. The molecule has 0 amide bonds. The molecule has 0 radical (unpaired) electrons. The first-order chi connectivity index (χ1) is 7.65. The van der Waals surface area contributed by atoms with Crippen molar-refractivity contribution < 1.29 is 0 Å². The summed E-state index contributed by atoms with van der Waals surface area (Å²) in [4.78, 5) is 16.1. The van der Waals surface area contributed by atoms with Crippen molar-refractivity contribution in [1.82, 2.24) is 29.7 Å². The van der Waals surface area contributed by atoms with Gasteiger partial charge in [-0.15, -0.1) is 0 Å². The van der Waals surface area contributed by atoms with Crippen LogP contribution in [0.15, 0.2) is 17.8 Å². The first kappa shape index (κ1) is 10.8. The van der Waals surface area contributed by atoms with Crippen LogP contribution in [0, 0.1) is 0 Å². The summed E-state index contributed by atoms with van der Waals surface area (Å²) in [5.41, 5.74) is 5.60. The molecule has 0 saturated heterocycles. The Morgan fingerprint density at radius 3 is 2.75 bits per heavy atom. The first-order valence-corrected chi connectivity index (χ1v) is 5.56.